The number of aliphatic hydroxyl groups is 1. The maximum atomic E-state index is 13.0. The minimum atomic E-state index is 0.112. The predicted octanol–water partition coefficient (Wildman–Crippen LogP) is 2.78. The Bertz CT molecular complexity index is 820. The van der Waals surface area contributed by atoms with E-state index < -0.39 is 0 Å². The van der Waals surface area contributed by atoms with Crippen molar-refractivity contribution in [2.75, 3.05) is 20.2 Å². The monoisotopic (exact) mass is 324 g/mol. The minimum absolute atomic E-state index is 0.112. The zero-order valence-corrected chi connectivity index (χ0v) is 14.2. The van der Waals surface area contributed by atoms with Crippen LogP contribution in [0.25, 0.3) is 10.9 Å². The standard InChI is InChI=1S/C20H24N2O2/c1-3-12-10-22(2)18-8-15-13-6-4-5-7-17(13)21-20(15)19(24)9-14(12)16(18)11-23/h3-7,14,16,18,21,23H,8-11H2,1-2H3/b12-3-/t14-,16+,18-/m0/s1. The fourth-order valence-electron chi connectivity index (χ4n) is 4.70. The lowest BCUT2D eigenvalue weighted by Crippen LogP contribution is -2.52. The van der Waals surface area contributed by atoms with E-state index in [9.17, 15) is 9.90 Å². The second kappa shape index (κ2) is 5.87. The highest BCUT2D eigenvalue weighted by Crippen LogP contribution is 2.40. The number of carbonyl (C=O) groups excluding carboxylic acids is 1. The summed E-state index contributed by atoms with van der Waals surface area (Å²) in [5.74, 6) is 0.431. The molecule has 24 heavy (non-hydrogen) atoms. The van der Waals surface area contributed by atoms with Crippen molar-refractivity contribution in [3.05, 3.63) is 47.2 Å². The third-order valence-electron chi connectivity index (χ3n) is 5.98. The number of nitrogens with zero attached hydrogens (tertiary/aromatic N) is 1. The van der Waals surface area contributed by atoms with Gasteiger partial charge < -0.3 is 10.1 Å². The number of hydrogen-bond donors (Lipinski definition) is 2. The van der Waals surface area contributed by atoms with Crippen molar-refractivity contribution in [2.45, 2.75) is 25.8 Å². The zero-order valence-electron chi connectivity index (χ0n) is 14.2. The third-order valence-corrected chi connectivity index (χ3v) is 5.98. The number of Topliss-reactive ketones (excluding diaryl/α,β-unsaturated/α-hetero) is 1. The van der Waals surface area contributed by atoms with Crippen molar-refractivity contribution in [3.63, 3.8) is 0 Å². The Morgan fingerprint density at radius 3 is 2.88 bits per heavy atom. The number of aromatic nitrogens is 1. The predicted molar refractivity (Wildman–Crippen MR) is 95.2 cm³/mol. The van der Waals surface area contributed by atoms with E-state index >= 15 is 0 Å². The Morgan fingerprint density at radius 1 is 1.33 bits per heavy atom. The Balaban J connectivity index is 1.89. The summed E-state index contributed by atoms with van der Waals surface area (Å²) >= 11 is 0. The first kappa shape index (κ1) is 15.6. The van der Waals surface area contributed by atoms with Crippen LogP contribution < -0.4 is 0 Å². The summed E-state index contributed by atoms with van der Waals surface area (Å²) in [5, 5.41) is 11.2. The number of ketones is 1. The van der Waals surface area contributed by atoms with Gasteiger partial charge in [-0.2, -0.15) is 0 Å². The quantitative estimate of drug-likeness (QED) is 0.793. The van der Waals surface area contributed by atoms with E-state index in [2.05, 4.69) is 29.1 Å². The van der Waals surface area contributed by atoms with E-state index in [1.54, 1.807) is 0 Å². The van der Waals surface area contributed by atoms with Crippen LogP contribution in [0.4, 0.5) is 0 Å². The van der Waals surface area contributed by atoms with Crippen molar-refractivity contribution in [1.82, 2.24) is 9.88 Å². The second-order valence-corrected chi connectivity index (χ2v) is 7.15. The molecule has 0 saturated carbocycles. The molecule has 2 heterocycles. The smallest absolute Gasteiger partial charge is 0.179 e. The fourth-order valence-corrected chi connectivity index (χ4v) is 4.70. The number of aliphatic hydroxyl groups excluding tert-OH is 1. The van der Waals surface area contributed by atoms with Gasteiger partial charge in [-0.15, -0.1) is 0 Å². The van der Waals surface area contributed by atoms with E-state index in [1.165, 1.54) is 5.57 Å². The molecule has 2 bridgehead atoms. The number of allylic oxidation sites excluding steroid dienone is 1. The lowest BCUT2D eigenvalue weighted by atomic mass is 9.71. The third kappa shape index (κ3) is 2.25. The maximum absolute atomic E-state index is 13.0. The van der Waals surface area contributed by atoms with Crippen molar-refractivity contribution < 1.29 is 9.90 Å². The molecule has 1 aliphatic carbocycles. The molecule has 126 valence electrons. The molecule has 4 nitrogen and oxygen atoms in total. The average Bonchev–Trinajstić information content (AvgIpc) is 2.95. The van der Waals surface area contributed by atoms with Gasteiger partial charge in [-0.25, -0.2) is 0 Å². The number of fused-ring (bicyclic) bond motifs is 5. The summed E-state index contributed by atoms with van der Waals surface area (Å²) in [4.78, 5) is 18.7. The molecule has 0 radical (unpaired) electrons. The van der Waals surface area contributed by atoms with Gasteiger partial charge in [-0.05, 0) is 37.9 Å². The van der Waals surface area contributed by atoms with Gasteiger partial charge in [-0.1, -0.05) is 29.8 Å². The Morgan fingerprint density at radius 2 is 2.12 bits per heavy atom. The van der Waals surface area contributed by atoms with Crippen LogP contribution in [-0.2, 0) is 6.42 Å². The molecule has 1 aliphatic heterocycles. The molecule has 2 aliphatic rings. The molecule has 1 aromatic carbocycles. The molecule has 2 N–H and O–H groups in total. The van der Waals surface area contributed by atoms with Gasteiger partial charge in [0.05, 0.1) is 5.69 Å². The topological polar surface area (TPSA) is 56.3 Å². The Labute approximate surface area is 142 Å². The van der Waals surface area contributed by atoms with Gasteiger partial charge in [0.2, 0.25) is 0 Å². The van der Waals surface area contributed by atoms with Gasteiger partial charge in [0.25, 0.3) is 0 Å². The number of nitrogens with one attached hydrogen (secondary N) is 1. The number of hydrogen-bond acceptors (Lipinski definition) is 3. The average molecular weight is 324 g/mol. The van der Waals surface area contributed by atoms with Gasteiger partial charge in [0, 0.05) is 42.4 Å². The van der Waals surface area contributed by atoms with Crippen LogP contribution in [0.3, 0.4) is 0 Å². The molecule has 0 amide bonds. The van der Waals surface area contributed by atoms with Crippen molar-refractivity contribution in [1.29, 1.82) is 0 Å². The van der Waals surface area contributed by atoms with Gasteiger partial charge in [0.1, 0.15) is 0 Å². The van der Waals surface area contributed by atoms with Gasteiger partial charge in [-0.3, -0.25) is 9.69 Å². The highest BCUT2D eigenvalue weighted by molar-refractivity contribution is 6.02. The summed E-state index contributed by atoms with van der Waals surface area (Å²) in [7, 11) is 2.13. The van der Waals surface area contributed by atoms with Crippen LogP contribution in [0.5, 0.6) is 0 Å². The SMILES string of the molecule is C/C=C1/CN(C)[C@H]2Cc3c([nH]c4ccccc34)C(=O)C[C@@H]1[C@H]2CO. The molecule has 1 fully saturated rings. The molecule has 1 aromatic heterocycles. The van der Waals surface area contributed by atoms with E-state index in [4.69, 9.17) is 0 Å². The van der Waals surface area contributed by atoms with E-state index in [-0.39, 0.29) is 30.3 Å². The first-order chi connectivity index (χ1) is 11.6. The van der Waals surface area contributed by atoms with Crippen molar-refractivity contribution in [3.8, 4) is 0 Å². The Hall–Kier alpha value is -1.91. The molecule has 4 heteroatoms. The molecular formula is C20H24N2O2. The summed E-state index contributed by atoms with van der Waals surface area (Å²) in [6.45, 7) is 3.05. The van der Waals surface area contributed by atoms with Crippen LogP contribution >= 0.6 is 0 Å². The van der Waals surface area contributed by atoms with Gasteiger partial charge in [0.15, 0.2) is 5.78 Å². The largest absolute Gasteiger partial charge is 0.396 e. The summed E-state index contributed by atoms with van der Waals surface area (Å²) in [6.07, 6.45) is 3.41. The Kier molecular flexibility index (Phi) is 3.82. The normalized spacial score (nSPS) is 29.5. The summed E-state index contributed by atoms with van der Waals surface area (Å²) in [5.41, 5.74) is 4.20. The van der Waals surface area contributed by atoms with Crippen LogP contribution in [0.2, 0.25) is 0 Å². The molecule has 4 rings (SSSR count). The number of likely N-dealkylation sites (N-methyl/N-ethyl adjacent to an activating group) is 1. The van der Waals surface area contributed by atoms with Gasteiger partial charge >= 0.3 is 0 Å². The molecule has 0 spiro atoms. The maximum Gasteiger partial charge on any atom is 0.179 e. The van der Waals surface area contributed by atoms with Crippen LogP contribution in [-0.4, -0.2) is 47.0 Å². The number of benzene rings is 1. The lowest BCUT2D eigenvalue weighted by molar-refractivity contribution is 0.0518. The number of aromatic amines is 1. The number of carbonyl (C=O) groups is 1. The van der Waals surface area contributed by atoms with E-state index in [0.29, 0.717) is 6.42 Å². The van der Waals surface area contributed by atoms with Crippen LogP contribution in [0.15, 0.2) is 35.9 Å². The number of likely N-dealkylation sites (tertiary alicyclic amines) is 1. The van der Waals surface area contributed by atoms with E-state index in [1.807, 2.05) is 25.1 Å². The fraction of sp³-hybridized carbons (Fsp3) is 0.450. The molecule has 1 saturated heterocycles. The summed E-state index contributed by atoms with van der Waals surface area (Å²) < 4.78 is 0. The van der Waals surface area contributed by atoms with Crippen molar-refractivity contribution in [2.24, 2.45) is 11.8 Å². The molecule has 3 atom stereocenters. The number of piperidine rings is 1. The zero-order chi connectivity index (χ0) is 16.8. The second-order valence-electron chi connectivity index (χ2n) is 7.15. The lowest BCUT2D eigenvalue weighted by Gasteiger charge is -2.46. The minimum Gasteiger partial charge on any atom is -0.396 e. The number of rotatable bonds is 1. The highest BCUT2D eigenvalue weighted by Gasteiger charge is 2.42. The summed E-state index contributed by atoms with van der Waals surface area (Å²) in [6, 6.07) is 8.40. The molecule has 0 unspecified atom stereocenters. The van der Waals surface area contributed by atoms with Crippen LogP contribution in [0.1, 0.15) is 29.4 Å². The van der Waals surface area contributed by atoms with E-state index in [0.717, 1.165) is 35.1 Å². The molecular weight excluding hydrogens is 300 g/mol. The van der Waals surface area contributed by atoms with Crippen molar-refractivity contribution >= 4 is 16.7 Å². The number of H-pyrrole nitrogens is 1. The molecule has 2 aromatic rings. The highest BCUT2D eigenvalue weighted by atomic mass is 16.3. The first-order valence-corrected chi connectivity index (χ1v) is 8.73. The first-order valence-electron chi connectivity index (χ1n) is 8.73. The van der Waals surface area contributed by atoms with Crippen LogP contribution in [0, 0.1) is 11.8 Å². The number of para-hydroxylation sites is 1.